The first-order valence-corrected chi connectivity index (χ1v) is 9.76. The smallest absolute Gasteiger partial charge is 0.338 e. The third kappa shape index (κ3) is 4.56. The summed E-state index contributed by atoms with van der Waals surface area (Å²) in [4.78, 5) is 24.1. The van der Waals surface area contributed by atoms with Crippen molar-refractivity contribution in [2.75, 3.05) is 0 Å². The van der Waals surface area contributed by atoms with E-state index in [0.717, 1.165) is 5.56 Å². The summed E-state index contributed by atoms with van der Waals surface area (Å²) >= 11 is 6.20. The molecule has 7 heteroatoms. The van der Waals surface area contributed by atoms with Gasteiger partial charge < -0.3 is 20.3 Å². The van der Waals surface area contributed by atoms with Gasteiger partial charge in [-0.25, -0.2) is 9.59 Å². The van der Waals surface area contributed by atoms with E-state index in [1.807, 2.05) is 30.3 Å². The molecule has 0 amide bonds. The maximum absolute atomic E-state index is 12.0. The Bertz CT molecular complexity index is 1040. The van der Waals surface area contributed by atoms with Crippen LogP contribution in [0.5, 0.6) is 0 Å². The SMILES string of the molecule is CC1=C(C(=O)O)C(c2cc(Cl)ccc2COCc2ccccc2)=C(C(=O)O)C(C)N1. The van der Waals surface area contributed by atoms with Crippen molar-refractivity contribution in [2.45, 2.75) is 33.1 Å². The van der Waals surface area contributed by atoms with Crippen LogP contribution in [-0.2, 0) is 27.5 Å². The molecule has 1 unspecified atom stereocenters. The van der Waals surface area contributed by atoms with Crippen LogP contribution in [0.15, 0.2) is 65.4 Å². The second kappa shape index (κ2) is 9.15. The molecule has 0 aliphatic carbocycles. The lowest BCUT2D eigenvalue weighted by atomic mass is 9.84. The van der Waals surface area contributed by atoms with E-state index in [-0.39, 0.29) is 23.3 Å². The molecule has 1 atom stereocenters. The van der Waals surface area contributed by atoms with Gasteiger partial charge in [0.2, 0.25) is 0 Å². The van der Waals surface area contributed by atoms with E-state index in [1.54, 1.807) is 32.0 Å². The largest absolute Gasteiger partial charge is 0.478 e. The van der Waals surface area contributed by atoms with E-state index in [0.29, 0.717) is 28.5 Å². The lowest BCUT2D eigenvalue weighted by molar-refractivity contribution is -0.133. The highest BCUT2D eigenvalue weighted by Crippen LogP contribution is 2.37. The number of dihydropyridines is 1. The fourth-order valence-electron chi connectivity index (χ4n) is 3.61. The van der Waals surface area contributed by atoms with Crippen LogP contribution < -0.4 is 5.32 Å². The Kier molecular flexibility index (Phi) is 6.59. The number of benzene rings is 2. The molecule has 2 aromatic carbocycles. The first kappa shape index (κ1) is 21.6. The highest BCUT2D eigenvalue weighted by Gasteiger charge is 2.34. The molecule has 0 bridgehead atoms. The Labute approximate surface area is 179 Å². The van der Waals surface area contributed by atoms with Crippen LogP contribution in [0.1, 0.15) is 30.5 Å². The molecule has 0 spiro atoms. The van der Waals surface area contributed by atoms with Crippen LogP contribution in [0.2, 0.25) is 5.02 Å². The highest BCUT2D eigenvalue weighted by molar-refractivity contribution is 6.31. The number of allylic oxidation sites excluding steroid dienone is 1. The lowest BCUT2D eigenvalue weighted by Crippen LogP contribution is -2.36. The molecule has 3 N–H and O–H groups in total. The van der Waals surface area contributed by atoms with Gasteiger partial charge in [0.1, 0.15) is 0 Å². The molecular formula is C23H22ClNO5. The predicted molar refractivity (Wildman–Crippen MR) is 114 cm³/mol. The highest BCUT2D eigenvalue weighted by atomic mass is 35.5. The van der Waals surface area contributed by atoms with Crippen LogP contribution in [0.25, 0.3) is 5.57 Å². The van der Waals surface area contributed by atoms with Gasteiger partial charge in [-0.05, 0) is 42.7 Å². The van der Waals surface area contributed by atoms with Gasteiger partial charge in [0.25, 0.3) is 0 Å². The van der Waals surface area contributed by atoms with Crippen molar-refractivity contribution in [1.29, 1.82) is 0 Å². The predicted octanol–water partition coefficient (Wildman–Crippen LogP) is 4.25. The van der Waals surface area contributed by atoms with Crippen LogP contribution in [0.3, 0.4) is 0 Å². The number of carbonyl (C=O) groups is 2. The van der Waals surface area contributed by atoms with Gasteiger partial charge in [-0.15, -0.1) is 0 Å². The van der Waals surface area contributed by atoms with Crippen molar-refractivity contribution in [3.63, 3.8) is 0 Å². The third-order valence-corrected chi connectivity index (χ3v) is 5.15. The number of hydrogen-bond donors (Lipinski definition) is 3. The quantitative estimate of drug-likeness (QED) is 0.611. The van der Waals surface area contributed by atoms with Crippen molar-refractivity contribution in [2.24, 2.45) is 0 Å². The topological polar surface area (TPSA) is 95.9 Å². The summed E-state index contributed by atoms with van der Waals surface area (Å²) in [7, 11) is 0. The standard InChI is InChI=1S/C23H22ClNO5/c1-13-19(22(26)27)21(20(23(28)29)14(2)25-13)18-10-17(24)9-8-16(18)12-30-11-15-6-4-3-5-7-15/h3-10,13,25H,11-12H2,1-2H3,(H,26,27)(H,28,29). The minimum Gasteiger partial charge on any atom is -0.478 e. The average Bonchev–Trinajstić information content (AvgIpc) is 2.68. The average molecular weight is 428 g/mol. The number of nitrogens with one attached hydrogen (secondary N) is 1. The van der Waals surface area contributed by atoms with Gasteiger partial charge in [0.05, 0.1) is 30.4 Å². The Balaban J connectivity index is 2.07. The first-order chi connectivity index (χ1) is 14.3. The molecule has 30 heavy (non-hydrogen) atoms. The molecule has 0 aromatic heterocycles. The zero-order chi connectivity index (χ0) is 21.8. The van der Waals surface area contributed by atoms with Crippen molar-refractivity contribution < 1.29 is 24.5 Å². The Hall–Kier alpha value is -3.09. The molecule has 6 nitrogen and oxygen atoms in total. The van der Waals surface area contributed by atoms with Gasteiger partial charge in [-0.1, -0.05) is 48.0 Å². The summed E-state index contributed by atoms with van der Waals surface area (Å²) in [5.41, 5.74) is 2.53. The van der Waals surface area contributed by atoms with Crippen molar-refractivity contribution in [1.82, 2.24) is 5.32 Å². The Morgan fingerprint density at radius 3 is 2.40 bits per heavy atom. The molecule has 0 saturated carbocycles. The molecule has 156 valence electrons. The van der Waals surface area contributed by atoms with Gasteiger partial charge in [0, 0.05) is 16.3 Å². The Morgan fingerprint density at radius 1 is 1.07 bits per heavy atom. The van der Waals surface area contributed by atoms with Gasteiger partial charge in [-0.3, -0.25) is 0 Å². The second-order valence-electron chi connectivity index (χ2n) is 7.04. The van der Waals surface area contributed by atoms with Gasteiger partial charge in [0.15, 0.2) is 0 Å². The number of halogens is 1. The Morgan fingerprint density at radius 2 is 1.77 bits per heavy atom. The van der Waals surface area contributed by atoms with E-state index >= 15 is 0 Å². The monoisotopic (exact) mass is 427 g/mol. The zero-order valence-electron chi connectivity index (χ0n) is 16.6. The first-order valence-electron chi connectivity index (χ1n) is 9.38. The summed E-state index contributed by atoms with van der Waals surface area (Å²) in [6.45, 7) is 3.84. The fraction of sp³-hybridized carbons (Fsp3) is 0.217. The van der Waals surface area contributed by atoms with Crippen molar-refractivity contribution >= 4 is 29.1 Å². The number of ether oxygens (including phenoxy) is 1. The minimum absolute atomic E-state index is 0.0235. The minimum atomic E-state index is -1.21. The molecule has 1 aliphatic rings. The second-order valence-corrected chi connectivity index (χ2v) is 7.48. The van der Waals surface area contributed by atoms with Crippen molar-refractivity contribution in [3.8, 4) is 0 Å². The maximum Gasteiger partial charge on any atom is 0.338 e. The van der Waals surface area contributed by atoms with E-state index in [9.17, 15) is 19.8 Å². The van der Waals surface area contributed by atoms with Crippen molar-refractivity contribution in [3.05, 3.63) is 87.1 Å². The molecule has 2 aromatic rings. The molecule has 1 aliphatic heterocycles. The summed E-state index contributed by atoms with van der Waals surface area (Å²) in [5.74, 6) is -2.40. The summed E-state index contributed by atoms with van der Waals surface area (Å²) in [5, 5.41) is 23.0. The molecule has 3 rings (SSSR count). The fourth-order valence-corrected chi connectivity index (χ4v) is 3.78. The van der Waals surface area contributed by atoms with E-state index < -0.39 is 18.0 Å². The van der Waals surface area contributed by atoms with E-state index in [2.05, 4.69) is 5.32 Å². The number of rotatable bonds is 7. The summed E-state index contributed by atoms with van der Waals surface area (Å²) < 4.78 is 5.83. The number of carboxylic acid groups (broad SMARTS) is 2. The van der Waals surface area contributed by atoms with Crippen LogP contribution in [-0.4, -0.2) is 28.2 Å². The maximum atomic E-state index is 12.0. The molecule has 1 heterocycles. The van der Waals surface area contributed by atoms with Gasteiger partial charge >= 0.3 is 11.9 Å². The number of hydrogen-bond acceptors (Lipinski definition) is 4. The molecule has 0 saturated heterocycles. The third-order valence-electron chi connectivity index (χ3n) is 4.92. The zero-order valence-corrected chi connectivity index (χ0v) is 17.4. The lowest BCUT2D eigenvalue weighted by Gasteiger charge is -2.29. The van der Waals surface area contributed by atoms with E-state index in [4.69, 9.17) is 16.3 Å². The normalized spacial score (nSPS) is 16.4. The number of aliphatic carboxylic acids is 2. The van der Waals surface area contributed by atoms with Crippen LogP contribution in [0.4, 0.5) is 0 Å². The molecule has 0 radical (unpaired) electrons. The molecule has 0 fully saturated rings. The number of carboxylic acids is 2. The van der Waals surface area contributed by atoms with Gasteiger partial charge in [-0.2, -0.15) is 0 Å². The molecular weight excluding hydrogens is 406 g/mol. The van der Waals surface area contributed by atoms with E-state index in [1.165, 1.54) is 0 Å². The summed E-state index contributed by atoms with van der Waals surface area (Å²) in [6, 6.07) is 14.1. The van der Waals surface area contributed by atoms with Crippen LogP contribution in [0, 0.1) is 0 Å². The summed E-state index contributed by atoms with van der Waals surface area (Å²) in [6.07, 6.45) is 0. The van der Waals surface area contributed by atoms with Crippen LogP contribution >= 0.6 is 11.6 Å².